The van der Waals surface area contributed by atoms with Gasteiger partial charge in [-0.1, -0.05) is 68.4 Å². The lowest BCUT2D eigenvalue weighted by Crippen LogP contribution is -2.25. The van der Waals surface area contributed by atoms with Gasteiger partial charge in [-0.15, -0.1) is 0 Å². The molecule has 27 heavy (non-hydrogen) atoms. The summed E-state index contributed by atoms with van der Waals surface area (Å²) < 4.78 is 5.86. The topological polar surface area (TPSA) is 29.5 Å². The molecule has 136 valence electrons. The molecule has 3 heteroatoms. The van der Waals surface area contributed by atoms with Crippen molar-refractivity contribution in [3.05, 3.63) is 84.1 Å². The summed E-state index contributed by atoms with van der Waals surface area (Å²) in [5.74, 6) is 0.702. The predicted molar refractivity (Wildman–Crippen MR) is 110 cm³/mol. The third-order valence-electron chi connectivity index (χ3n) is 5.36. The maximum Gasteiger partial charge on any atom is 0.194 e. The fourth-order valence-corrected chi connectivity index (χ4v) is 3.92. The molecule has 3 nitrogen and oxygen atoms in total. The van der Waals surface area contributed by atoms with Gasteiger partial charge in [0.15, 0.2) is 12.4 Å². The Kier molecular flexibility index (Phi) is 4.23. The summed E-state index contributed by atoms with van der Waals surface area (Å²) in [5, 5.41) is 2.12. The smallest absolute Gasteiger partial charge is 0.194 e. The molecule has 3 aromatic rings. The van der Waals surface area contributed by atoms with E-state index in [2.05, 4.69) is 30.9 Å². The van der Waals surface area contributed by atoms with Gasteiger partial charge in [0, 0.05) is 35.3 Å². The number of nitrogens with zero attached hydrogens (tertiary/aromatic N) is 1. The number of carbonyl (C=O) groups is 1. The van der Waals surface area contributed by atoms with Crippen molar-refractivity contribution < 1.29 is 9.53 Å². The molecular weight excluding hydrogens is 334 g/mol. The van der Waals surface area contributed by atoms with Gasteiger partial charge >= 0.3 is 0 Å². The molecule has 0 fully saturated rings. The molecule has 0 aromatic heterocycles. The van der Waals surface area contributed by atoms with Crippen molar-refractivity contribution in [3.63, 3.8) is 0 Å². The summed E-state index contributed by atoms with van der Waals surface area (Å²) in [5.41, 5.74) is 3.17. The predicted octanol–water partition coefficient (Wildman–Crippen LogP) is 5.10. The van der Waals surface area contributed by atoms with Crippen molar-refractivity contribution >= 4 is 22.2 Å². The van der Waals surface area contributed by atoms with Gasteiger partial charge in [0.2, 0.25) is 0 Å². The fraction of sp³-hybridized carbons (Fsp3) is 0.208. The van der Waals surface area contributed by atoms with Crippen LogP contribution in [0.5, 0.6) is 5.75 Å². The highest BCUT2D eigenvalue weighted by molar-refractivity contribution is 5.94. The number of hydrogen-bond donors (Lipinski definition) is 0. The summed E-state index contributed by atoms with van der Waals surface area (Å²) in [6.07, 6.45) is 1.73. The number of likely N-dealkylation sites (N-methyl/N-ethyl adjacent to an activating group) is 1. The van der Waals surface area contributed by atoms with E-state index in [0.717, 1.165) is 27.9 Å². The molecule has 0 aliphatic carbocycles. The maximum absolute atomic E-state index is 12.7. The van der Waals surface area contributed by atoms with Gasteiger partial charge < -0.3 is 9.64 Å². The highest BCUT2D eigenvalue weighted by Crippen LogP contribution is 2.46. The van der Waals surface area contributed by atoms with Gasteiger partial charge in [-0.05, 0) is 23.1 Å². The molecule has 0 unspecified atom stereocenters. The summed E-state index contributed by atoms with van der Waals surface area (Å²) in [6.45, 7) is 4.33. The first kappa shape index (κ1) is 17.3. The van der Waals surface area contributed by atoms with Crippen LogP contribution in [0.15, 0.2) is 78.5 Å². The largest absolute Gasteiger partial charge is 0.485 e. The minimum atomic E-state index is -0.208. The first-order valence-corrected chi connectivity index (χ1v) is 9.17. The molecule has 0 spiro atoms. The van der Waals surface area contributed by atoms with Gasteiger partial charge in [0.1, 0.15) is 5.75 Å². The Bertz CT molecular complexity index is 1040. The van der Waals surface area contributed by atoms with Gasteiger partial charge in [-0.2, -0.15) is 0 Å². The first-order valence-electron chi connectivity index (χ1n) is 9.17. The molecule has 0 radical (unpaired) electrons. The third-order valence-corrected chi connectivity index (χ3v) is 5.36. The number of ether oxygens (including phenoxy) is 1. The fourth-order valence-electron chi connectivity index (χ4n) is 3.92. The Labute approximate surface area is 159 Å². The van der Waals surface area contributed by atoms with Crippen LogP contribution in [-0.2, 0) is 10.2 Å². The third kappa shape index (κ3) is 2.99. The number of fused-ring (bicyclic) bond motifs is 2. The number of anilines is 1. The van der Waals surface area contributed by atoms with Crippen LogP contribution >= 0.6 is 0 Å². The Morgan fingerprint density at radius 2 is 1.70 bits per heavy atom. The monoisotopic (exact) mass is 357 g/mol. The van der Waals surface area contributed by atoms with E-state index in [9.17, 15) is 4.79 Å². The molecular formula is C24H23NO2. The molecule has 1 aliphatic heterocycles. The van der Waals surface area contributed by atoms with Gasteiger partial charge in [0.05, 0.1) is 0 Å². The first-order chi connectivity index (χ1) is 13.0. The lowest BCUT2D eigenvalue weighted by Gasteiger charge is -2.24. The van der Waals surface area contributed by atoms with Gasteiger partial charge in [-0.3, -0.25) is 4.79 Å². The van der Waals surface area contributed by atoms with E-state index < -0.39 is 0 Å². The number of carbonyl (C=O) groups excluding carboxylic acids is 1. The number of allylic oxidation sites excluding steroid dienone is 1. The number of rotatable bonds is 4. The zero-order valence-corrected chi connectivity index (χ0v) is 15.9. The van der Waals surface area contributed by atoms with Crippen molar-refractivity contribution in [3.8, 4) is 5.75 Å². The normalized spacial score (nSPS) is 16.6. The Morgan fingerprint density at radius 1 is 1.00 bits per heavy atom. The second-order valence-electron chi connectivity index (χ2n) is 7.46. The van der Waals surface area contributed by atoms with E-state index in [1.807, 2.05) is 61.6 Å². The van der Waals surface area contributed by atoms with Crippen molar-refractivity contribution in [1.29, 1.82) is 0 Å². The van der Waals surface area contributed by atoms with Crippen LogP contribution in [0.3, 0.4) is 0 Å². The minimum absolute atomic E-state index is 0.0256. The van der Waals surface area contributed by atoms with Crippen LogP contribution in [0.4, 0.5) is 5.69 Å². The molecule has 1 heterocycles. The van der Waals surface area contributed by atoms with E-state index in [-0.39, 0.29) is 17.8 Å². The second-order valence-corrected chi connectivity index (χ2v) is 7.46. The maximum atomic E-state index is 12.7. The van der Waals surface area contributed by atoms with Crippen molar-refractivity contribution in [1.82, 2.24) is 0 Å². The minimum Gasteiger partial charge on any atom is -0.485 e. The molecule has 0 atom stereocenters. The summed E-state index contributed by atoms with van der Waals surface area (Å²) >= 11 is 0. The van der Waals surface area contributed by atoms with Crippen molar-refractivity contribution in [2.24, 2.45) is 0 Å². The Balaban J connectivity index is 1.56. The standard InChI is InChI=1S/C24H23NO2/c1-24(2)20-12-6-7-13-21(20)25(3)23(24)15-18(26)16-27-22-14-8-10-17-9-4-5-11-19(17)22/h4-15H,16H2,1-3H3/b23-15-. The van der Waals surface area contributed by atoms with E-state index in [1.165, 1.54) is 5.56 Å². The van der Waals surface area contributed by atoms with E-state index in [1.54, 1.807) is 6.08 Å². The molecule has 1 aliphatic rings. The van der Waals surface area contributed by atoms with Crippen LogP contribution in [0.25, 0.3) is 10.8 Å². The summed E-state index contributed by atoms with van der Waals surface area (Å²) in [4.78, 5) is 14.8. The van der Waals surface area contributed by atoms with E-state index >= 15 is 0 Å². The van der Waals surface area contributed by atoms with Crippen molar-refractivity contribution in [2.75, 3.05) is 18.6 Å². The average Bonchev–Trinajstić information content (AvgIpc) is 2.87. The number of para-hydroxylation sites is 1. The lowest BCUT2D eigenvalue weighted by atomic mass is 9.83. The molecule has 0 saturated heterocycles. The van der Waals surface area contributed by atoms with Crippen molar-refractivity contribution in [2.45, 2.75) is 19.3 Å². The van der Waals surface area contributed by atoms with Crippen LogP contribution in [0, 0.1) is 0 Å². The summed E-state index contributed by atoms with van der Waals surface area (Å²) in [7, 11) is 2.01. The Morgan fingerprint density at radius 3 is 2.52 bits per heavy atom. The molecule has 4 rings (SSSR count). The second kappa shape index (κ2) is 6.58. The summed E-state index contributed by atoms with van der Waals surface area (Å²) in [6, 6.07) is 22.2. The molecule has 0 bridgehead atoms. The zero-order valence-electron chi connectivity index (χ0n) is 15.9. The lowest BCUT2D eigenvalue weighted by molar-refractivity contribution is -0.116. The van der Waals surface area contributed by atoms with Gasteiger partial charge in [0.25, 0.3) is 0 Å². The van der Waals surface area contributed by atoms with E-state index in [4.69, 9.17) is 4.74 Å². The Hall–Kier alpha value is -3.07. The average molecular weight is 357 g/mol. The number of hydrogen-bond acceptors (Lipinski definition) is 3. The van der Waals surface area contributed by atoms with Crippen LogP contribution in [-0.4, -0.2) is 19.4 Å². The molecule has 3 aromatic carbocycles. The van der Waals surface area contributed by atoms with Crippen LogP contribution < -0.4 is 9.64 Å². The van der Waals surface area contributed by atoms with Gasteiger partial charge in [-0.25, -0.2) is 0 Å². The van der Waals surface area contributed by atoms with Crippen LogP contribution in [0.1, 0.15) is 19.4 Å². The number of ketones is 1. The number of benzene rings is 3. The highest BCUT2D eigenvalue weighted by Gasteiger charge is 2.38. The quantitative estimate of drug-likeness (QED) is 0.609. The SMILES string of the molecule is CN1/C(=C\C(=O)COc2cccc3ccccc23)C(C)(C)c2ccccc21. The van der Waals surface area contributed by atoms with Crippen LogP contribution in [0.2, 0.25) is 0 Å². The van der Waals surface area contributed by atoms with E-state index in [0.29, 0.717) is 0 Å². The molecule has 0 saturated carbocycles. The molecule has 0 N–H and O–H groups in total. The molecule has 0 amide bonds. The highest BCUT2D eigenvalue weighted by atomic mass is 16.5. The zero-order chi connectivity index (χ0) is 19.0.